The average Bonchev–Trinajstić information content (AvgIpc) is 3.09. The highest BCUT2D eigenvalue weighted by molar-refractivity contribution is 6.03. The van der Waals surface area contributed by atoms with Crippen LogP contribution in [0, 0.1) is 17.8 Å². The second-order valence-electron chi connectivity index (χ2n) is 5.92. The van der Waals surface area contributed by atoms with Crippen molar-refractivity contribution in [2.45, 2.75) is 80.7 Å². The molecule has 2 unspecified atom stereocenters. The molecule has 23 heavy (non-hydrogen) atoms. The number of nitrogens with one attached hydrogen (secondary N) is 2. The van der Waals surface area contributed by atoms with Crippen LogP contribution in [-0.4, -0.2) is 23.8 Å². The van der Waals surface area contributed by atoms with E-state index < -0.39 is 0 Å². The summed E-state index contributed by atoms with van der Waals surface area (Å²) >= 11 is 0. The Morgan fingerprint density at radius 3 is 1.57 bits per heavy atom. The van der Waals surface area contributed by atoms with Crippen molar-refractivity contribution in [1.29, 1.82) is 0 Å². The van der Waals surface area contributed by atoms with Crippen LogP contribution in [0.3, 0.4) is 0 Å². The SMILES string of the molecule is CC.CC.CC(C)C1CC(=O)NC1=O.CC(C)C1CCC(=O)N1. The summed E-state index contributed by atoms with van der Waals surface area (Å²) in [4.78, 5) is 32.2. The number of carbonyl (C=O) groups is 3. The molecule has 5 nitrogen and oxygen atoms in total. The molecular formula is C18H36N2O3. The van der Waals surface area contributed by atoms with Gasteiger partial charge in [0.15, 0.2) is 0 Å². The van der Waals surface area contributed by atoms with Crippen LogP contribution in [0.25, 0.3) is 0 Å². The molecule has 3 amide bonds. The number of hydrogen-bond donors (Lipinski definition) is 2. The highest BCUT2D eigenvalue weighted by Crippen LogP contribution is 2.19. The number of hydrogen-bond acceptors (Lipinski definition) is 3. The predicted octanol–water partition coefficient (Wildman–Crippen LogP) is 3.28. The zero-order valence-electron chi connectivity index (χ0n) is 16.2. The molecule has 0 saturated carbocycles. The van der Waals surface area contributed by atoms with E-state index in [4.69, 9.17) is 0 Å². The second kappa shape index (κ2) is 13.1. The lowest BCUT2D eigenvalue weighted by atomic mass is 9.95. The lowest BCUT2D eigenvalue weighted by Gasteiger charge is -2.12. The minimum absolute atomic E-state index is 0.0903. The topological polar surface area (TPSA) is 75.3 Å². The van der Waals surface area contributed by atoms with Crippen LogP contribution in [0.15, 0.2) is 0 Å². The first-order valence-electron chi connectivity index (χ1n) is 8.94. The van der Waals surface area contributed by atoms with Gasteiger partial charge in [0.05, 0.1) is 0 Å². The van der Waals surface area contributed by atoms with Gasteiger partial charge >= 0.3 is 0 Å². The van der Waals surface area contributed by atoms with Crippen molar-refractivity contribution in [2.24, 2.45) is 17.8 Å². The third kappa shape index (κ3) is 9.36. The Morgan fingerprint density at radius 2 is 1.39 bits per heavy atom. The Labute approximate surface area is 142 Å². The fourth-order valence-corrected chi connectivity index (χ4v) is 2.25. The van der Waals surface area contributed by atoms with Crippen molar-refractivity contribution < 1.29 is 14.4 Å². The van der Waals surface area contributed by atoms with E-state index in [1.807, 2.05) is 41.5 Å². The molecule has 0 radical (unpaired) electrons. The van der Waals surface area contributed by atoms with Crippen molar-refractivity contribution in [3.05, 3.63) is 0 Å². The smallest absolute Gasteiger partial charge is 0.230 e. The van der Waals surface area contributed by atoms with Gasteiger partial charge in [-0.2, -0.15) is 0 Å². The maximum atomic E-state index is 10.9. The maximum Gasteiger partial charge on any atom is 0.230 e. The maximum absolute atomic E-state index is 10.9. The van der Waals surface area contributed by atoms with Crippen LogP contribution in [-0.2, 0) is 14.4 Å². The van der Waals surface area contributed by atoms with Crippen molar-refractivity contribution in [3.63, 3.8) is 0 Å². The molecule has 2 N–H and O–H groups in total. The van der Waals surface area contributed by atoms with Gasteiger partial charge < -0.3 is 5.32 Å². The van der Waals surface area contributed by atoms with Crippen LogP contribution in [0.2, 0.25) is 0 Å². The predicted molar refractivity (Wildman–Crippen MR) is 94.8 cm³/mol. The van der Waals surface area contributed by atoms with E-state index >= 15 is 0 Å². The lowest BCUT2D eigenvalue weighted by Crippen LogP contribution is -2.29. The molecule has 0 aromatic rings. The van der Waals surface area contributed by atoms with Gasteiger partial charge in [0.2, 0.25) is 17.7 Å². The van der Waals surface area contributed by atoms with E-state index in [1.165, 1.54) is 0 Å². The standard InChI is InChI=1S/C7H11NO2.C7H13NO.2C2H6/c1-4(2)5-3-6(9)8-7(5)10;1-5(2)6-3-4-7(9)8-6;2*1-2/h4-5H,3H2,1-2H3,(H,8,9,10);5-6H,3-4H2,1-2H3,(H,8,9);2*1-2H3. The lowest BCUT2D eigenvalue weighted by molar-refractivity contribution is -0.126. The Bertz CT molecular complexity index is 365. The molecule has 0 aromatic carbocycles. The van der Waals surface area contributed by atoms with Gasteiger partial charge in [-0.25, -0.2) is 0 Å². The molecule has 2 heterocycles. The van der Waals surface area contributed by atoms with Gasteiger partial charge in [0.25, 0.3) is 0 Å². The minimum atomic E-state index is -0.135. The fraction of sp³-hybridized carbons (Fsp3) is 0.833. The van der Waals surface area contributed by atoms with E-state index in [1.54, 1.807) is 0 Å². The van der Waals surface area contributed by atoms with Crippen LogP contribution < -0.4 is 10.6 Å². The molecule has 2 aliphatic rings. The zero-order valence-corrected chi connectivity index (χ0v) is 16.2. The van der Waals surface area contributed by atoms with Gasteiger partial charge in [-0.3, -0.25) is 19.7 Å². The molecule has 2 aliphatic heterocycles. The molecule has 0 bridgehead atoms. The van der Waals surface area contributed by atoms with E-state index in [0.29, 0.717) is 18.4 Å². The van der Waals surface area contributed by atoms with Gasteiger partial charge in [-0.1, -0.05) is 55.4 Å². The summed E-state index contributed by atoms with van der Waals surface area (Å²) in [5, 5.41) is 5.18. The largest absolute Gasteiger partial charge is 0.353 e. The van der Waals surface area contributed by atoms with Crippen LogP contribution in [0.4, 0.5) is 0 Å². The van der Waals surface area contributed by atoms with Crippen LogP contribution >= 0.6 is 0 Å². The molecule has 0 spiro atoms. The van der Waals surface area contributed by atoms with E-state index in [2.05, 4.69) is 24.5 Å². The Balaban J connectivity index is 0. The molecule has 136 valence electrons. The van der Waals surface area contributed by atoms with Crippen LogP contribution in [0.1, 0.15) is 74.7 Å². The molecule has 5 heteroatoms. The number of imide groups is 1. The molecule has 2 rings (SSSR count). The highest BCUT2D eigenvalue weighted by Gasteiger charge is 2.32. The first-order chi connectivity index (χ1) is 10.8. The third-order valence-corrected chi connectivity index (χ3v) is 3.64. The molecule has 2 saturated heterocycles. The third-order valence-electron chi connectivity index (χ3n) is 3.64. The van der Waals surface area contributed by atoms with Crippen LogP contribution in [0.5, 0.6) is 0 Å². The number of amides is 3. The number of carbonyl (C=O) groups excluding carboxylic acids is 3. The second-order valence-corrected chi connectivity index (χ2v) is 5.92. The van der Waals surface area contributed by atoms with Crippen molar-refractivity contribution >= 4 is 17.7 Å². The average molecular weight is 328 g/mol. The van der Waals surface area contributed by atoms with Gasteiger partial charge in [0, 0.05) is 24.8 Å². The van der Waals surface area contributed by atoms with E-state index in [0.717, 1.165) is 12.8 Å². The normalized spacial score (nSPS) is 22.3. The summed E-state index contributed by atoms with van der Waals surface area (Å²) in [7, 11) is 0. The van der Waals surface area contributed by atoms with E-state index in [9.17, 15) is 14.4 Å². The quantitative estimate of drug-likeness (QED) is 0.764. The van der Waals surface area contributed by atoms with Crippen molar-refractivity contribution in [1.82, 2.24) is 10.6 Å². The molecule has 0 aromatic heterocycles. The molecule has 2 atom stereocenters. The molecule has 0 aliphatic carbocycles. The van der Waals surface area contributed by atoms with Gasteiger partial charge in [-0.05, 0) is 18.3 Å². The first-order valence-corrected chi connectivity index (χ1v) is 8.94. The van der Waals surface area contributed by atoms with E-state index in [-0.39, 0.29) is 29.6 Å². The summed E-state index contributed by atoms with van der Waals surface area (Å²) in [6, 6.07) is 0.442. The minimum Gasteiger partial charge on any atom is -0.353 e. The Kier molecular flexibility index (Phi) is 13.6. The summed E-state index contributed by atoms with van der Waals surface area (Å²) in [6.07, 6.45) is 2.12. The highest BCUT2D eigenvalue weighted by atomic mass is 16.2. The molecule has 2 fully saturated rings. The van der Waals surface area contributed by atoms with Gasteiger partial charge in [0.1, 0.15) is 0 Å². The summed E-state index contributed by atoms with van der Waals surface area (Å²) < 4.78 is 0. The summed E-state index contributed by atoms with van der Waals surface area (Å²) in [6.45, 7) is 16.2. The number of rotatable bonds is 2. The fourth-order valence-electron chi connectivity index (χ4n) is 2.25. The van der Waals surface area contributed by atoms with Gasteiger partial charge in [-0.15, -0.1) is 0 Å². The molecular weight excluding hydrogens is 292 g/mol. The Morgan fingerprint density at radius 1 is 0.870 bits per heavy atom. The first kappa shape index (κ1) is 23.9. The van der Waals surface area contributed by atoms with Crippen molar-refractivity contribution in [3.8, 4) is 0 Å². The van der Waals surface area contributed by atoms with Crippen molar-refractivity contribution in [2.75, 3.05) is 0 Å². The Hall–Kier alpha value is -1.39. The summed E-state index contributed by atoms with van der Waals surface area (Å²) in [5.74, 6) is 0.743. The summed E-state index contributed by atoms with van der Waals surface area (Å²) in [5.41, 5.74) is 0. The zero-order chi connectivity index (χ0) is 18.6. The monoisotopic (exact) mass is 328 g/mol.